The van der Waals surface area contributed by atoms with Crippen molar-refractivity contribution >= 4 is 29.0 Å². The number of hydrogen-bond acceptors (Lipinski definition) is 5. The van der Waals surface area contributed by atoms with Crippen LogP contribution in [0.4, 0.5) is 4.79 Å². The number of nitrogens with zero attached hydrogens (tertiary/aromatic N) is 2. The molecular weight excluding hydrogens is 322 g/mol. The van der Waals surface area contributed by atoms with Crippen LogP contribution < -0.4 is 5.32 Å². The van der Waals surface area contributed by atoms with Crippen LogP contribution >= 0.6 is 22.9 Å². The van der Waals surface area contributed by atoms with Gasteiger partial charge in [-0.3, -0.25) is 0 Å². The highest BCUT2D eigenvalue weighted by Crippen LogP contribution is 2.20. The quantitative estimate of drug-likeness (QED) is 0.906. The Hall–Kier alpha value is -0.850. The fourth-order valence-electron chi connectivity index (χ4n) is 2.40. The van der Waals surface area contributed by atoms with Gasteiger partial charge in [0.25, 0.3) is 0 Å². The average molecular weight is 346 g/mol. The first kappa shape index (κ1) is 17.5. The Bertz CT molecular complexity index is 493. The molecule has 0 unspecified atom stereocenters. The third-order valence-electron chi connectivity index (χ3n) is 3.50. The summed E-state index contributed by atoms with van der Waals surface area (Å²) in [6.07, 6.45) is 3.49. The molecule has 0 aliphatic carbocycles. The molecule has 1 fully saturated rings. The van der Waals surface area contributed by atoms with Crippen LogP contribution in [-0.2, 0) is 11.3 Å². The molecule has 0 bridgehead atoms. The maximum absolute atomic E-state index is 12.0. The predicted octanol–water partition coefficient (Wildman–Crippen LogP) is 3.53. The zero-order valence-corrected chi connectivity index (χ0v) is 15.0. The number of rotatable bonds is 4. The lowest BCUT2D eigenvalue weighted by Crippen LogP contribution is -2.43. The first-order valence-electron chi connectivity index (χ1n) is 7.62. The summed E-state index contributed by atoms with van der Waals surface area (Å²) in [6.45, 7) is 8.92. The number of thiazole rings is 1. The van der Waals surface area contributed by atoms with Gasteiger partial charge in [-0.15, -0.1) is 11.3 Å². The zero-order valence-electron chi connectivity index (χ0n) is 13.4. The number of aromatic nitrogens is 1. The molecule has 0 radical (unpaired) electrons. The van der Waals surface area contributed by atoms with Gasteiger partial charge in [-0.2, -0.15) is 0 Å². The molecule has 2 rings (SSSR count). The number of nitrogens with one attached hydrogen (secondary N) is 1. The summed E-state index contributed by atoms with van der Waals surface area (Å²) in [6, 6.07) is 0. The van der Waals surface area contributed by atoms with Crippen molar-refractivity contribution in [2.24, 2.45) is 5.92 Å². The third kappa shape index (κ3) is 5.74. The van der Waals surface area contributed by atoms with Gasteiger partial charge in [0.1, 0.15) is 14.9 Å². The molecule has 2 heterocycles. The molecule has 0 atom stereocenters. The van der Waals surface area contributed by atoms with E-state index in [1.165, 1.54) is 11.3 Å². The highest BCUT2D eigenvalue weighted by molar-refractivity contribution is 7.15. The molecule has 1 saturated heterocycles. The molecule has 1 aliphatic heterocycles. The number of hydrogen-bond donors (Lipinski definition) is 1. The topological polar surface area (TPSA) is 54.5 Å². The van der Waals surface area contributed by atoms with Crippen LogP contribution in [0.15, 0.2) is 6.20 Å². The summed E-state index contributed by atoms with van der Waals surface area (Å²) in [5, 5.41) is 4.43. The molecule has 124 valence electrons. The number of carbonyl (C=O) groups is 1. The highest BCUT2D eigenvalue weighted by Gasteiger charge is 2.26. The summed E-state index contributed by atoms with van der Waals surface area (Å²) in [5.74, 6) is 0.592. The Morgan fingerprint density at radius 1 is 1.50 bits per heavy atom. The first-order valence-corrected chi connectivity index (χ1v) is 8.82. The Morgan fingerprint density at radius 3 is 2.73 bits per heavy atom. The molecular formula is C15H24ClN3O2S. The minimum Gasteiger partial charge on any atom is -0.444 e. The van der Waals surface area contributed by atoms with Crippen LogP contribution in [0.5, 0.6) is 0 Å². The Labute approximate surface area is 141 Å². The second kappa shape index (κ2) is 7.62. The summed E-state index contributed by atoms with van der Waals surface area (Å²) in [7, 11) is 0. The first-order chi connectivity index (χ1) is 10.3. The Kier molecular flexibility index (Phi) is 6.06. The van der Waals surface area contributed by atoms with Crippen LogP contribution in [-0.4, -0.2) is 41.2 Å². The van der Waals surface area contributed by atoms with Gasteiger partial charge in [-0.1, -0.05) is 11.6 Å². The van der Waals surface area contributed by atoms with E-state index in [1.54, 1.807) is 6.20 Å². The summed E-state index contributed by atoms with van der Waals surface area (Å²) in [4.78, 5) is 18.0. The van der Waals surface area contributed by atoms with E-state index in [1.807, 2.05) is 25.7 Å². The molecule has 1 amide bonds. The molecule has 1 aliphatic rings. The van der Waals surface area contributed by atoms with Gasteiger partial charge in [0.05, 0.1) is 6.20 Å². The van der Waals surface area contributed by atoms with Gasteiger partial charge >= 0.3 is 6.09 Å². The fourth-order valence-corrected chi connectivity index (χ4v) is 3.33. The van der Waals surface area contributed by atoms with Crippen molar-refractivity contribution in [1.82, 2.24) is 15.2 Å². The monoisotopic (exact) mass is 345 g/mol. The van der Waals surface area contributed by atoms with Crippen molar-refractivity contribution in [3.63, 3.8) is 0 Å². The molecule has 0 spiro atoms. The van der Waals surface area contributed by atoms with Crippen molar-refractivity contribution < 1.29 is 9.53 Å². The fraction of sp³-hybridized carbons (Fsp3) is 0.733. The van der Waals surface area contributed by atoms with E-state index in [-0.39, 0.29) is 6.09 Å². The summed E-state index contributed by atoms with van der Waals surface area (Å²) < 4.78 is 6.13. The molecule has 22 heavy (non-hydrogen) atoms. The molecule has 1 aromatic heterocycles. The average Bonchev–Trinajstić information content (AvgIpc) is 2.83. The number of likely N-dealkylation sites (tertiary alicyclic amines) is 1. The molecule has 5 nitrogen and oxygen atoms in total. The van der Waals surface area contributed by atoms with Gasteiger partial charge in [-0.05, 0) is 46.1 Å². The van der Waals surface area contributed by atoms with E-state index in [0.717, 1.165) is 48.4 Å². The lowest BCUT2D eigenvalue weighted by Gasteiger charge is -2.33. The van der Waals surface area contributed by atoms with Gasteiger partial charge in [-0.25, -0.2) is 9.78 Å². The molecule has 0 aromatic carbocycles. The van der Waals surface area contributed by atoms with E-state index in [2.05, 4.69) is 10.3 Å². The normalized spacial score (nSPS) is 16.8. The summed E-state index contributed by atoms with van der Waals surface area (Å²) >= 11 is 7.36. The number of piperidine rings is 1. The number of carbonyl (C=O) groups excluding carboxylic acids is 1. The lowest BCUT2D eigenvalue weighted by molar-refractivity contribution is 0.0184. The van der Waals surface area contributed by atoms with Crippen molar-refractivity contribution in [1.29, 1.82) is 0 Å². The van der Waals surface area contributed by atoms with E-state index in [0.29, 0.717) is 5.92 Å². The second-order valence-electron chi connectivity index (χ2n) is 6.60. The van der Waals surface area contributed by atoms with E-state index in [9.17, 15) is 4.79 Å². The molecule has 1 aromatic rings. The minimum atomic E-state index is -0.426. The Morgan fingerprint density at radius 2 is 2.18 bits per heavy atom. The van der Waals surface area contributed by atoms with Crippen molar-refractivity contribution in [3.05, 3.63) is 15.5 Å². The van der Waals surface area contributed by atoms with Crippen LogP contribution in [0.1, 0.15) is 38.6 Å². The number of ether oxygens (including phenoxy) is 1. The van der Waals surface area contributed by atoms with Gasteiger partial charge in [0, 0.05) is 19.6 Å². The maximum Gasteiger partial charge on any atom is 0.410 e. The Balaban J connectivity index is 1.65. The van der Waals surface area contributed by atoms with E-state index in [4.69, 9.17) is 16.3 Å². The highest BCUT2D eigenvalue weighted by atomic mass is 35.5. The number of amides is 1. The van der Waals surface area contributed by atoms with Crippen LogP contribution in [0.25, 0.3) is 0 Å². The molecule has 0 saturated carbocycles. The molecule has 7 heteroatoms. The van der Waals surface area contributed by atoms with Crippen molar-refractivity contribution in [2.75, 3.05) is 19.6 Å². The van der Waals surface area contributed by atoms with Gasteiger partial charge in [0.2, 0.25) is 0 Å². The lowest BCUT2D eigenvalue weighted by atomic mass is 9.97. The minimum absolute atomic E-state index is 0.198. The largest absolute Gasteiger partial charge is 0.444 e. The maximum atomic E-state index is 12.0. The predicted molar refractivity (Wildman–Crippen MR) is 89.4 cm³/mol. The molecule has 1 N–H and O–H groups in total. The SMILES string of the molecule is CC(C)(C)OC(=O)N1CCC(CNCc2ncc(Cl)s2)CC1. The summed E-state index contributed by atoms with van der Waals surface area (Å²) in [5.41, 5.74) is -0.426. The van der Waals surface area contributed by atoms with Crippen molar-refractivity contribution in [3.8, 4) is 0 Å². The van der Waals surface area contributed by atoms with Gasteiger partial charge in [0.15, 0.2) is 0 Å². The van der Waals surface area contributed by atoms with Crippen LogP contribution in [0.2, 0.25) is 4.34 Å². The van der Waals surface area contributed by atoms with E-state index < -0.39 is 5.60 Å². The van der Waals surface area contributed by atoms with Crippen LogP contribution in [0, 0.1) is 5.92 Å². The third-order valence-corrected chi connectivity index (χ3v) is 4.62. The second-order valence-corrected chi connectivity index (χ2v) is 8.35. The zero-order chi connectivity index (χ0) is 16.2. The standard InChI is InChI=1S/C15H24ClN3O2S/c1-15(2,3)21-14(20)19-6-4-11(5-7-19)8-17-10-13-18-9-12(16)22-13/h9,11,17H,4-8,10H2,1-3H3. The van der Waals surface area contributed by atoms with E-state index >= 15 is 0 Å². The number of halogens is 1. The smallest absolute Gasteiger partial charge is 0.410 e. The van der Waals surface area contributed by atoms with Crippen molar-refractivity contribution in [2.45, 2.75) is 45.8 Å². The van der Waals surface area contributed by atoms with Crippen LogP contribution in [0.3, 0.4) is 0 Å². The van der Waals surface area contributed by atoms with Gasteiger partial charge < -0.3 is 15.0 Å².